The number of aryl methyl sites for hydroxylation is 1. The number of hydrogen-bond donors (Lipinski definition) is 2. The Bertz CT molecular complexity index is 1020. The third kappa shape index (κ3) is 2.72. The van der Waals surface area contributed by atoms with Crippen molar-refractivity contribution >= 4 is 22.4 Å². The first-order valence-corrected chi connectivity index (χ1v) is 7.64. The molecule has 0 aliphatic rings. The quantitative estimate of drug-likeness (QED) is 0.569. The molecular formula is C19H15FN4. The van der Waals surface area contributed by atoms with Gasteiger partial charge < -0.3 is 5.32 Å². The molecule has 0 saturated carbocycles. The van der Waals surface area contributed by atoms with Gasteiger partial charge in [0.05, 0.1) is 5.69 Å². The van der Waals surface area contributed by atoms with Crippen LogP contribution in [0.25, 0.3) is 22.0 Å². The molecule has 118 valence electrons. The average molecular weight is 318 g/mol. The van der Waals surface area contributed by atoms with E-state index in [4.69, 9.17) is 0 Å². The third-order valence-corrected chi connectivity index (χ3v) is 3.80. The van der Waals surface area contributed by atoms with Crippen molar-refractivity contribution in [2.24, 2.45) is 0 Å². The van der Waals surface area contributed by atoms with Crippen molar-refractivity contribution in [3.8, 4) is 11.3 Å². The largest absolute Gasteiger partial charge is 0.323 e. The van der Waals surface area contributed by atoms with Crippen molar-refractivity contribution in [1.29, 1.82) is 0 Å². The molecule has 0 aliphatic heterocycles. The molecule has 2 N–H and O–H groups in total. The lowest BCUT2D eigenvalue weighted by atomic mass is 10.0. The number of nitrogens with zero attached hydrogens (tertiary/aromatic N) is 2. The van der Waals surface area contributed by atoms with Crippen LogP contribution in [-0.4, -0.2) is 15.2 Å². The lowest BCUT2D eigenvalue weighted by Crippen LogP contribution is -1.97. The first kappa shape index (κ1) is 14.4. The van der Waals surface area contributed by atoms with Crippen molar-refractivity contribution in [2.45, 2.75) is 6.92 Å². The topological polar surface area (TPSA) is 53.6 Å². The Balaban J connectivity index is 1.87. The van der Waals surface area contributed by atoms with Crippen molar-refractivity contribution in [3.63, 3.8) is 0 Å². The van der Waals surface area contributed by atoms with Crippen LogP contribution in [-0.2, 0) is 0 Å². The van der Waals surface area contributed by atoms with Crippen LogP contribution in [0.4, 0.5) is 16.0 Å². The van der Waals surface area contributed by atoms with E-state index in [1.54, 1.807) is 6.07 Å². The number of halogens is 1. The smallest absolute Gasteiger partial charge is 0.153 e. The predicted molar refractivity (Wildman–Crippen MR) is 93.7 cm³/mol. The highest BCUT2D eigenvalue weighted by Crippen LogP contribution is 2.30. The third-order valence-electron chi connectivity index (χ3n) is 3.80. The summed E-state index contributed by atoms with van der Waals surface area (Å²) in [5.74, 6) is 1.08. The number of anilines is 2. The predicted octanol–water partition coefficient (Wildman–Crippen LogP) is 4.82. The molecule has 2 heterocycles. The zero-order valence-corrected chi connectivity index (χ0v) is 13.0. The summed E-state index contributed by atoms with van der Waals surface area (Å²) in [4.78, 5) is 4.69. The van der Waals surface area contributed by atoms with Gasteiger partial charge in [0, 0.05) is 22.7 Å². The Morgan fingerprint density at radius 1 is 0.958 bits per heavy atom. The van der Waals surface area contributed by atoms with Gasteiger partial charge in [-0.2, -0.15) is 5.10 Å². The van der Waals surface area contributed by atoms with Crippen molar-refractivity contribution in [2.75, 3.05) is 5.32 Å². The number of aromatic amines is 1. The zero-order valence-electron chi connectivity index (χ0n) is 13.0. The molecule has 0 saturated heterocycles. The van der Waals surface area contributed by atoms with Gasteiger partial charge in [-0.3, -0.25) is 5.10 Å². The highest BCUT2D eigenvalue weighted by Gasteiger charge is 2.10. The molecule has 0 amide bonds. The minimum absolute atomic E-state index is 0.278. The van der Waals surface area contributed by atoms with Crippen LogP contribution in [0.2, 0.25) is 0 Å². The number of hydrogen-bond acceptors (Lipinski definition) is 3. The monoisotopic (exact) mass is 318 g/mol. The van der Waals surface area contributed by atoms with Crippen LogP contribution in [0.5, 0.6) is 0 Å². The summed E-state index contributed by atoms with van der Waals surface area (Å²) < 4.78 is 13.6. The van der Waals surface area contributed by atoms with Gasteiger partial charge >= 0.3 is 0 Å². The minimum Gasteiger partial charge on any atom is -0.323 e. The van der Waals surface area contributed by atoms with E-state index in [-0.39, 0.29) is 5.82 Å². The summed E-state index contributed by atoms with van der Waals surface area (Å²) >= 11 is 0. The Labute approximate surface area is 138 Å². The molecule has 0 atom stereocenters. The van der Waals surface area contributed by atoms with Crippen molar-refractivity contribution in [3.05, 3.63) is 72.2 Å². The van der Waals surface area contributed by atoms with Gasteiger partial charge in [-0.15, -0.1) is 0 Å². The highest BCUT2D eigenvalue weighted by atomic mass is 19.1. The van der Waals surface area contributed by atoms with Crippen LogP contribution < -0.4 is 5.32 Å². The second-order valence-electron chi connectivity index (χ2n) is 5.65. The van der Waals surface area contributed by atoms with Crippen molar-refractivity contribution in [1.82, 2.24) is 15.2 Å². The second kappa shape index (κ2) is 5.77. The van der Waals surface area contributed by atoms with Gasteiger partial charge in [0.15, 0.2) is 5.82 Å². The fourth-order valence-corrected chi connectivity index (χ4v) is 2.73. The molecule has 0 spiro atoms. The Kier molecular flexibility index (Phi) is 3.46. The molecule has 5 heteroatoms. The van der Waals surface area contributed by atoms with E-state index in [2.05, 4.69) is 20.5 Å². The summed E-state index contributed by atoms with van der Waals surface area (Å²) in [6, 6.07) is 18.3. The van der Waals surface area contributed by atoms with E-state index >= 15 is 0 Å². The summed E-state index contributed by atoms with van der Waals surface area (Å²) in [7, 11) is 0. The van der Waals surface area contributed by atoms with Gasteiger partial charge in [-0.25, -0.2) is 9.37 Å². The zero-order chi connectivity index (χ0) is 16.5. The molecular weight excluding hydrogens is 303 g/mol. The number of benzene rings is 2. The average Bonchev–Trinajstić information content (AvgIpc) is 2.99. The number of H-pyrrole nitrogens is 1. The fourth-order valence-electron chi connectivity index (χ4n) is 2.73. The summed E-state index contributed by atoms with van der Waals surface area (Å²) in [6.07, 6.45) is 0. The number of pyridine rings is 1. The van der Waals surface area contributed by atoms with Crippen LogP contribution in [0.3, 0.4) is 0 Å². The first-order chi connectivity index (χ1) is 11.7. The van der Waals surface area contributed by atoms with E-state index in [9.17, 15) is 4.39 Å². The maximum absolute atomic E-state index is 13.6. The SMILES string of the molecule is Cc1cc(Nc2cc3ccccc3c(-c3cccc(F)c3)n2)n[nH]1. The molecule has 4 nitrogen and oxygen atoms in total. The fraction of sp³-hybridized carbons (Fsp3) is 0.0526. The maximum atomic E-state index is 13.6. The summed E-state index contributed by atoms with van der Waals surface area (Å²) in [5.41, 5.74) is 2.44. The van der Waals surface area contributed by atoms with Gasteiger partial charge in [-0.1, -0.05) is 36.4 Å². The van der Waals surface area contributed by atoms with Gasteiger partial charge in [-0.05, 0) is 30.5 Å². The minimum atomic E-state index is -0.278. The van der Waals surface area contributed by atoms with Gasteiger partial charge in [0.25, 0.3) is 0 Å². The number of rotatable bonds is 3. The molecule has 0 bridgehead atoms. The Morgan fingerprint density at radius 2 is 1.83 bits per heavy atom. The van der Waals surface area contributed by atoms with E-state index in [0.29, 0.717) is 11.6 Å². The molecule has 0 radical (unpaired) electrons. The van der Waals surface area contributed by atoms with Gasteiger partial charge in [0.2, 0.25) is 0 Å². The van der Waals surface area contributed by atoms with Crippen molar-refractivity contribution < 1.29 is 4.39 Å². The molecule has 0 fully saturated rings. The molecule has 0 unspecified atom stereocenters. The molecule has 2 aromatic carbocycles. The Morgan fingerprint density at radius 3 is 2.62 bits per heavy atom. The summed E-state index contributed by atoms with van der Waals surface area (Å²) in [6.45, 7) is 1.93. The normalized spacial score (nSPS) is 10.9. The number of aromatic nitrogens is 3. The first-order valence-electron chi connectivity index (χ1n) is 7.64. The van der Waals surface area contributed by atoms with E-state index in [0.717, 1.165) is 27.7 Å². The molecule has 4 rings (SSSR count). The second-order valence-corrected chi connectivity index (χ2v) is 5.65. The Hall–Kier alpha value is -3.21. The highest BCUT2D eigenvalue weighted by molar-refractivity contribution is 5.96. The van der Waals surface area contributed by atoms with Crippen LogP contribution in [0, 0.1) is 12.7 Å². The molecule has 4 aromatic rings. The lowest BCUT2D eigenvalue weighted by Gasteiger charge is -2.10. The number of nitrogens with one attached hydrogen (secondary N) is 2. The van der Waals surface area contributed by atoms with E-state index in [1.165, 1.54) is 12.1 Å². The molecule has 0 aliphatic carbocycles. The standard InChI is InChI=1S/C19H15FN4/c1-12-9-18(24-23-12)21-17-11-13-5-2-3-8-16(13)19(22-17)14-6-4-7-15(20)10-14/h2-11H,1H3,(H2,21,22,23,24). The number of fused-ring (bicyclic) bond motifs is 1. The molecule has 24 heavy (non-hydrogen) atoms. The molecule has 2 aromatic heterocycles. The maximum Gasteiger partial charge on any atom is 0.153 e. The van der Waals surface area contributed by atoms with Crippen LogP contribution >= 0.6 is 0 Å². The van der Waals surface area contributed by atoms with Crippen LogP contribution in [0.1, 0.15) is 5.69 Å². The van der Waals surface area contributed by atoms with E-state index in [1.807, 2.05) is 49.4 Å². The lowest BCUT2D eigenvalue weighted by molar-refractivity contribution is 0.628. The summed E-state index contributed by atoms with van der Waals surface area (Å²) in [5, 5.41) is 12.3. The van der Waals surface area contributed by atoms with Gasteiger partial charge in [0.1, 0.15) is 11.6 Å². The van der Waals surface area contributed by atoms with E-state index < -0.39 is 0 Å². The van der Waals surface area contributed by atoms with Crippen LogP contribution in [0.15, 0.2) is 60.7 Å².